The SMILES string of the molecule is CCOc1cc(C(=O)N2CCCCC2)ccc1OCC(=O)N1CCCCC1. The summed E-state index contributed by atoms with van der Waals surface area (Å²) in [5, 5.41) is 0. The average Bonchev–Trinajstić information content (AvgIpc) is 2.73. The fourth-order valence-electron chi connectivity index (χ4n) is 3.68. The van der Waals surface area contributed by atoms with Gasteiger partial charge in [-0.15, -0.1) is 0 Å². The maximum Gasteiger partial charge on any atom is 0.260 e. The molecule has 0 radical (unpaired) electrons. The van der Waals surface area contributed by atoms with Gasteiger partial charge in [-0.1, -0.05) is 0 Å². The Kier molecular flexibility index (Phi) is 6.96. The Hall–Kier alpha value is -2.24. The number of likely N-dealkylation sites (tertiary alicyclic amines) is 2. The molecule has 1 aromatic carbocycles. The van der Waals surface area contributed by atoms with E-state index in [2.05, 4.69) is 0 Å². The first-order valence-electron chi connectivity index (χ1n) is 10.2. The van der Waals surface area contributed by atoms with E-state index in [9.17, 15) is 9.59 Å². The van der Waals surface area contributed by atoms with Crippen LogP contribution in [0.15, 0.2) is 18.2 Å². The Morgan fingerprint density at radius 2 is 1.48 bits per heavy atom. The maximum atomic E-state index is 12.7. The Balaban J connectivity index is 1.65. The second-order valence-electron chi connectivity index (χ2n) is 7.18. The molecule has 0 aromatic heterocycles. The van der Waals surface area contributed by atoms with Gasteiger partial charge in [0.05, 0.1) is 6.61 Å². The van der Waals surface area contributed by atoms with Crippen LogP contribution in [0.1, 0.15) is 55.8 Å². The fraction of sp³-hybridized carbons (Fsp3) is 0.619. The lowest BCUT2D eigenvalue weighted by Gasteiger charge is -2.27. The lowest BCUT2D eigenvalue weighted by molar-refractivity contribution is -0.134. The van der Waals surface area contributed by atoms with Crippen molar-refractivity contribution in [2.24, 2.45) is 0 Å². The summed E-state index contributed by atoms with van der Waals surface area (Å²) in [6.45, 7) is 5.60. The smallest absolute Gasteiger partial charge is 0.260 e. The van der Waals surface area contributed by atoms with E-state index in [1.165, 1.54) is 12.8 Å². The molecule has 0 aliphatic carbocycles. The highest BCUT2D eigenvalue weighted by Crippen LogP contribution is 2.29. The summed E-state index contributed by atoms with van der Waals surface area (Å²) < 4.78 is 11.4. The molecule has 2 fully saturated rings. The monoisotopic (exact) mass is 374 g/mol. The van der Waals surface area contributed by atoms with Crippen molar-refractivity contribution in [2.75, 3.05) is 39.4 Å². The number of nitrogens with zero attached hydrogens (tertiary/aromatic N) is 2. The van der Waals surface area contributed by atoms with Crippen LogP contribution in [-0.2, 0) is 4.79 Å². The van der Waals surface area contributed by atoms with Crippen LogP contribution in [0.25, 0.3) is 0 Å². The van der Waals surface area contributed by atoms with Crippen molar-refractivity contribution >= 4 is 11.8 Å². The van der Waals surface area contributed by atoms with Crippen LogP contribution in [0.4, 0.5) is 0 Å². The molecule has 27 heavy (non-hydrogen) atoms. The third-order valence-corrected chi connectivity index (χ3v) is 5.19. The van der Waals surface area contributed by atoms with E-state index in [1.807, 2.05) is 16.7 Å². The Morgan fingerprint density at radius 1 is 0.852 bits per heavy atom. The molecule has 0 unspecified atom stereocenters. The summed E-state index contributed by atoms with van der Waals surface area (Å²) in [7, 11) is 0. The Labute approximate surface area is 161 Å². The van der Waals surface area contributed by atoms with Gasteiger partial charge < -0.3 is 19.3 Å². The molecule has 2 heterocycles. The highest BCUT2D eigenvalue weighted by Gasteiger charge is 2.21. The van der Waals surface area contributed by atoms with E-state index >= 15 is 0 Å². The third kappa shape index (κ3) is 5.15. The van der Waals surface area contributed by atoms with Crippen LogP contribution in [0, 0.1) is 0 Å². The number of ether oxygens (including phenoxy) is 2. The van der Waals surface area contributed by atoms with Gasteiger partial charge in [0.1, 0.15) is 0 Å². The van der Waals surface area contributed by atoms with Crippen molar-refractivity contribution < 1.29 is 19.1 Å². The van der Waals surface area contributed by atoms with Crippen molar-refractivity contribution in [1.29, 1.82) is 0 Å². The predicted octanol–water partition coefficient (Wildman–Crippen LogP) is 3.10. The lowest BCUT2D eigenvalue weighted by atomic mass is 10.1. The van der Waals surface area contributed by atoms with Crippen LogP contribution in [0.3, 0.4) is 0 Å². The second-order valence-corrected chi connectivity index (χ2v) is 7.18. The number of hydrogen-bond donors (Lipinski definition) is 0. The summed E-state index contributed by atoms with van der Waals surface area (Å²) in [5.41, 5.74) is 0.607. The first kappa shape index (κ1) is 19.5. The van der Waals surface area contributed by atoms with Gasteiger partial charge in [0.15, 0.2) is 18.1 Å². The standard InChI is InChI=1S/C21H30N2O4/c1-2-26-19-15-17(21(25)23-13-7-4-8-14-23)9-10-18(19)27-16-20(24)22-11-5-3-6-12-22/h9-10,15H,2-8,11-14,16H2,1H3. The molecule has 0 atom stereocenters. The van der Waals surface area contributed by atoms with Gasteiger partial charge in [-0.2, -0.15) is 0 Å². The Morgan fingerprint density at radius 3 is 2.11 bits per heavy atom. The topological polar surface area (TPSA) is 59.1 Å². The van der Waals surface area contributed by atoms with Crippen molar-refractivity contribution in [1.82, 2.24) is 9.80 Å². The molecule has 0 spiro atoms. The molecule has 6 nitrogen and oxygen atoms in total. The predicted molar refractivity (Wildman–Crippen MR) is 103 cm³/mol. The molecule has 0 N–H and O–H groups in total. The number of carbonyl (C=O) groups is 2. The second kappa shape index (κ2) is 9.62. The van der Waals surface area contributed by atoms with Crippen LogP contribution in [0.2, 0.25) is 0 Å². The molecule has 1 aromatic rings. The maximum absolute atomic E-state index is 12.7. The summed E-state index contributed by atoms with van der Waals surface area (Å²) in [6, 6.07) is 5.24. The number of carbonyl (C=O) groups excluding carboxylic acids is 2. The summed E-state index contributed by atoms with van der Waals surface area (Å²) >= 11 is 0. The van der Waals surface area contributed by atoms with Gasteiger partial charge in [-0.05, 0) is 63.6 Å². The molecule has 3 rings (SSSR count). The largest absolute Gasteiger partial charge is 0.490 e. The lowest BCUT2D eigenvalue weighted by Crippen LogP contribution is -2.38. The normalized spacial score (nSPS) is 17.5. The zero-order valence-electron chi connectivity index (χ0n) is 16.2. The molecule has 6 heteroatoms. The molecular weight excluding hydrogens is 344 g/mol. The van der Waals surface area contributed by atoms with Gasteiger partial charge in [0.2, 0.25) is 0 Å². The van der Waals surface area contributed by atoms with E-state index < -0.39 is 0 Å². The van der Waals surface area contributed by atoms with Crippen molar-refractivity contribution in [3.8, 4) is 11.5 Å². The number of piperidine rings is 2. The summed E-state index contributed by atoms with van der Waals surface area (Å²) in [5.74, 6) is 1.07. The average molecular weight is 374 g/mol. The number of hydrogen-bond acceptors (Lipinski definition) is 4. The zero-order valence-corrected chi connectivity index (χ0v) is 16.2. The quantitative estimate of drug-likeness (QED) is 0.768. The van der Waals surface area contributed by atoms with Gasteiger partial charge in [-0.3, -0.25) is 9.59 Å². The molecule has 2 aliphatic rings. The van der Waals surface area contributed by atoms with Crippen molar-refractivity contribution in [3.63, 3.8) is 0 Å². The number of amides is 2. The van der Waals surface area contributed by atoms with Crippen LogP contribution < -0.4 is 9.47 Å². The highest BCUT2D eigenvalue weighted by atomic mass is 16.5. The first-order chi connectivity index (χ1) is 13.2. The van der Waals surface area contributed by atoms with E-state index in [0.29, 0.717) is 23.7 Å². The van der Waals surface area contributed by atoms with Crippen molar-refractivity contribution in [2.45, 2.75) is 45.4 Å². The molecule has 2 saturated heterocycles. The molecule has 2 amide bonds. The third-order valence-electron chi connectivity index (χ3n) is 5.19. The fourth-order valence-corrected chi connectivity index (χ4v) is 3.68. The summed E-state index contributed by atoms with van der Waals surface area (Å²) in [6.07, 6.45) is 6.61. The van der Waals surface area contributed by atoms with E-state index in [1.54, 1.807) is 18.2 Å². The number of rotatable bonds is 6. The van der Waals surface area contributed by atoms with Crippen molar-refractivity contribution in [3.05, 3.63) is 23.8 Å². The molecule has 0 saturated carbocycles. The Bertz CT molecular complexity index is 650. The summed E-state index contributed by atoms with van der Waals surface area (Å²) in [4.78, 5) is 28.8. The van der Waals surface area contributed by atoms with E-state index in [0.717, 1.165) is 51.9 Å². The van der Waals surface area contributed by atoms with Gasteiger partial charge in [-0.25, -0.2) is 0 Å². The van der Waals surface area contributed by atoms with Gasteiger partial charge in [0, 0.05) is 31.7 Å². The van der Waals surface area contributed by atoms with Crippen LogP contribution in [-0.4, -0.2) is 61.0 Å². The first-order valence-corrected chi connectivity index (χ1v) is 10.2. The van der Waals surface area contributed by atoms with E-state index in [-0.39, 0.29) is 18.4 Å². The minimum Gasteiger partial charge on any atom is -0.490 e. The zero-order chi connectivity index (χ0) is 19.1. The van der Waals surface area contributed by atoms with Crippen LogP contribution >= 0.6 is 0 Å². The van der Waals surface area contributed by atoms with E-state index in [4.69, 9.17) is 9.47 Å². The molecule has 2 aliphatic heterocycles. The molecular formula is C21H30N2O4. The minimum absolute atomic E-state index is 0.000504. The molecule has 0 bridgehead atoms. The van der Waals surface area contributed by atoms with Crippen LogP contribution in [0.5, 0.6) is 11.5 Å². The molecule has 148 valence electrons. The number of benzene rings is 1. The highest BCUT2D eigenvalue weighted by molar-refractivity contribution is 5.95. The van der Waals surface area contributed by atoms with Gasteiger partial charge >= 0.3 is 0 Å². The van der Waals surface area contributed by atoms with Gasteiger partial charge in [0.25, 0.3) is 11.8 Å². The minimum atomic E-state index is -0.000504.